The highest BCUT2D eigenvalue weighted by atomic mass is 32.2. The van der Waals surface area contributed by atoms with Crippen LogP contribution >= 0.6 is 0 Å². The molecule has 1 N–H and O–H groups in total. The van der Waals surface area contributed by atoms with Crippen LogP contribution in [0.25, 0.3) is 0 Å². The summed E-state index contributed by atoms with van der Waals surface area (Å²) >= 11 is 0. The number of sulfonamides is 1. The number of nitrogens with one attached hydrogen (secondary N) is 1. The third kappa shape index (κ3) is 4.66. The van der Waals surface area contributed by atoms with Gasteiger partial charge in [-0.1, -0.05) is 32.0 Å². The summed E-state index contributed by atoms with van der Waals surface area (Å²) in [6, 6.07) is 9.34. The van der Waals surface area contributed by atoms with Crippen LogP contribution in [0.4, 0.5) is 15.8 Å². The van der Waals surface area contributed by atoms with Gasteiger partial charge in [0.1, 0.15) is 10.7 Å². The molecule has 10 heteroatoms. The van der Waals surface area contributed by atoms with Crippen molar-refractivity contribution in [2.75, 3.05) is 18.5 Å². The fraction of sp³-hybridized carbons (Fsp3) is 0.235. The molecule has 0 amide bonds. The molecule has 0 aliphatic heterocycles. The van der Waals surface area contributed by atoms with Crippen LogP contribution in [-0.2, 0) is 10.0 Å². The Balaban J connectivity index is 2.44. The van der Waals surface area contributed by atoms with Crippen molar-refractivity contribution >= 4 is 27.6 Å². The largest absolute Gasteiger partial charge is 0.277 e. The summed E-state index contributed by atoms with van der Waals surface area (Å²) in [5.74, 6) is -0.484. The molecule has 8 nitrogen and oxygen atoms in total. The van der Waals surface area contributed by atoms with E-state index in [-0.39, 0.29) is 34.9 Å². The number of anilines is 1. The quantitative estimate of drug-likeness (QED) is 0.420. The Kier molecular flexibility index (Phi) is 6.59. The molecule has 2 aromatic carbocycles. The van der Waals surface area contributed by atoms with Crippen molar-refractivity contribution in [1.82, 2.24) is 4.31 Å². The molecule has 0 aliphatic carbocycles. The Morgan fingerprint density at radius 3 is 2.48 bits per heavy atom. The van der Waals surface area contributed by atoms with Crippen molar-refractivity contribution in [2.24, 2.45) is 5.10 Å². The van der Waals surface area contributed by atoms with Crippen molar-refractivity contribution in [3.05, 3.63) is 64.0 Å². The lowest BCUT2D eigenvalue weighted by Gasteiger charge is -2.20. The molecule has 2 aromatic rings. The first-order valence-electron chi connectivity index (χ1n) is 8.13. The van der Waals surface area contributed by atoms with Gasteiger partial charge in [0, 0.05) is 30.8 Å². The number of hydrazone groups is 1. The van der Waals surface area contributed by atoms with Crippen LogP contribution in [0.3, 0.4) is 0 Å². The topological polar surface area (TPSA) is 105 Å². The van der Waals surface area contributed by atoms with E-state index in [1.165, 1.54) is 40.9 Å². The fourth-order valence-corrected chi connectivity index (χ4v) is 4.00. The number of nitro groups is 1. The minimum atomic E-state index is -3.97. The van der Waals surface area contributed by atoms with Gasteiger partial charge in [0.2, 0.25) is 10.0 Å². The van der Waals surface area contributed by atoms with Crippen molar-refractivity contribution in [2.45, 2.75) is 18.7 Å². The first-order valence-corrected chi connectivity index (χ1v) is 9.57. The number of nitrogens with zero attached hydrogens (tertiary/aromatic N) is 3. The standard InChI is InChI=1S/C17H19FN4O4S/c1-3-21(4-2)27(25,26)17-11-14(22(23)24)9-10-16(17)20-19-12-13-7-5-6-8-15(13)18/h5-12,20H,3-4H2,1-2H3/b19-12+. The second-order valence-electron chi connectivity index (χ2n) is 5.42. The van der Waals surface area contributed by atoms with Gasteiger partial charge in [-0.05, 0) is 12.1 Å². The molecule has 0 aromatic heterocycles. The molecule has 0 unspecified atom stereocenters. The number of benzene rings is 2. The third-order valence-electron chi connectivity index (χ3n) is 3.79. The Bertz CT molecular complexity index is 959. The first kappa shape index (κ1) is 20.5. The molecule has 0 bridgehead atoms. The highest BCUT2D eigenvalue weighted by molar-refractivity contribution is 7.89. The van der Waals surface area contributed by atoms with Gasteiger partial charge in [0.05, 0.1) is 16.8 Å². The monoisotopic (exact) mass is 394 g/mol. The summed E-state index contributed by atoms with van der Waals surface area (Å²) in [4.78, 5) is 10.1. The van der Waals surface area contributed by atoms with Gasteiger partial charge in [0.25, 0.3) is 5.69 Å². The second kappa shape index (κ2) is 8.69. The van der Waals surface area contributed by atoms with Gasteiger partial charge in [-0.3, -0.25) is 15.5 Å². The summed E-state index contributed by atoms with van der Waals surface area (Å²) in [5.41, 5.74) is 2.45. The molecular weight excluding hydrogens is 375 g/mol. The maximum absolute atomic E-state index is 13.6. The molecule has 0 fully saturated rings. The molecule has 2 rings (SSSR count). The summed E-state index contributed by atoms with van der Waals surface area (Å²) < 4.78 is 40.5. The Morgan fingerprint density at radius 2 is 1.89 bits per heavy atom. The van der Waals surface area contributed by atoms with Gasteiger partial charge in [-0.25, -0.2) is 12.8 Å². The number of hydrogen-bond acceptors (Lipinski definition) is 6. The van der Waals surface area contributed by atoms with E-state index in [2.05, 4.69) is 10.5 Å². The minimum Gasteiger partial charge on any atom is -0.277 e. The van der Waals surface area contributed by atoms with E-state index < -0.39 is 20.8 Å². The van der Waals surface area contributed by atoms with Crippen LogP contribution in [0.2, 0.25) is 0 Å². The molecule has 0 radical (unpaired) electrons. The number of halogens is 1. The van der Waals surface area contributed by atoms with E-state index >= 15 is 0 Å². The molecule has 0 saturated carbocycles. The predicted molar refractivity (Wildman–Crippen MR) is 101 cm³/mol. The Labute approximate surface area is 156 Å². The van der Waals surface area contributed by atoms with Gasteiger partial charge in [-0.2, -0.15) is 9.41 Å². The Morgan fingerprint density at radius 1 is 1.22 bits per heavy atom. The molecule has 27 heavy (non-hydrogen) atoms. The average Bonchev–Trinajstić information content (AvgIpc) is 2.64. The van der Waals surface area contributed by atoms with E-state index in [0.29, 0.717) is 0 Å². The second-order valence-corrected chi connectivity index (χ2v) is 7.32. The van der Waals surface area contributed by atoms with Crippen LogP contribution < -0.4 is 5.43 Å². The van der Waals surface area contributed by atoms with E-state index in [1.54, 1.807) is 19.9 Å². The maximum Gasteiger partial charge on any atom is 0.270 e. The molecule has 144 valence electrons. The predicted octanol–water partition coefficient (Wildman–Crippen LogP) is 3.21. The van der Waals surface area contributed by atoms with Crippen LogP contribution in [0.5, 0.6) is 0 Å². The SMILES string of the molecule is CCN(CC)S(=O)(=O)c1cc([N+](=O)[O-])ccc1N/N=C/c1ccccc1F. The van der Waals surface area contributed by atoms with Crippen LogP contribution in [0.1, 0.15) is 19.4 Å². The minimum absolute atomic E-state index is 0.0556. The van der Waals surface area contributed by atoms with Gasteiger partial charge in [0.15, 0.2) is 0 Å². The number of non-ortho nitro benzene ring substituents is 1. The lowest BCUT2D eigenvalue weighted by Crippen LogP contribution is -2.31. The Hall–Kier alpha value is -2.85. The smallest absolute Gasteiger partial charge is 0.270 e. The van der Waals surface area contributed by atoms with Gasteiger partial charge >= 0.3 is 0 Å². The van der Waals surface area contributed by atoms with Crippen molar-refractivity contribution in [3.63, 3.8) is 0 Å². The fourth-order valence-electron chi connectivity index (χ4n) is 2.38. The summed E-state index contributed by atoms with van der Waals surface area (Å²) in [6.07, 6.45) is 1.20. The van der Waals surface area contributed by atoms with Crippen LogP contribution in [0, 0.1) is 15.9 Å². The molecule has 0 aliphatic rings. The van der Waals surface area contributed by atoms with Crippen molar-refractivity contribution < 1.29 is 17.7 Å². The zero-order valence-corrected chi connectivity index (χ0v) is 15.6. The van der Waals surface area contributed by atoms with Crippen LogP contribution in [0.15, 0.2) is 52.5 Å². The normalized spacial score (nSPS) is 11.9. The molecule has 0 atom stereocenters. The van der Waals surface area contributed by atoms with E-state index in [4.69, 9.17) is 0 Å². The maximum atomic E-state index is 13.6. The first-order chi connectivity index (χ1) is 12.8. The summed E-state index contributed by atoms with van der Waals surface area (Å²) in [6.45, 7) is 3.75. The number of hydrogen-bond donors (Lipinski definition) is 1. The zero-order chi connectivity index (χ0) is 20.0. The number of nitro benzene ring substituents is 1. The highest BCUT2D eigenvalue weighted by Crippen LogP contribution is 2.29. The molecule has 0 heterocycles. The van der Waals surface area contributed by atoms with E-state index in [0.717, 1.165) is 6.07 Å². The van der Waals surface area contributed by atoms with E-state index in [9.17, 15) is 22.9 Å². The van der Waals surface area contributed by atoms with Gasteiger partial charge in [-0.15, -0.1) is 0 Å². The van der Waals surface area contributed by atoms with Crippen LogP contribution in [-0.4, -0.2) is 37.0 Å². The van der Waals surface area contributed by atoms with E-state index in [1.807, 2.05) is 0 Å². The lowest BCUT2D eigenvalue weighted by molar-refractivity contribution is -0.385. The molecular formula is C17H19FN4O4S. The summed E-state index contributed by atoms with van der Waals surface area (Å²) in [7, 11) is -3.97. The van der Waals surface area contributed by atoms with Crippen molar-refractivity contribution in [1.29, 1.82) is 0 Å². The van der Waals surface area contributed by atoms with Gasteiger partial charge < -0.3 is 0 Å². The molecule has 0 saturated heterocycles. The number of rotatable bonds is 8. The highest BCUT2D eigenvalue weighted by Gasteiger charge is 2.27. The lowest BCUT2D eigenvalue weighted by atomic mass is 10.2. The van der Waals surface area contributed by atoms with Crippen molar-refractivity contribution in [3.8, 4) is 0 Å². The average molecular weight is 394 g/mol. The summed E-state index contributed by atoms with van der Waals surface area (Å²) in [5, 5.41) is 14.9. The third-order valence-corrected chi connectivity index (χ3v) is 5.88. The molecule has 0 spiro atoms. The zero-order valence-electron chi connectivity index (χ0n) is 14.8.